The van der Waals surface area contributed by atoms with Crippen LogP contribution in [0.5, 0.6) is 5.75 Å². The van der Waals surface area contributed by atoms with Gasteiger partial charge in [0.2, 0.25) is 0 Å². The number of methoxy groups -OCH3 is 1. The average molecular weight is 527 g/mol. The molecule has 1 N–H and O–H groups in total. The number of carbonyl (C=O) groups is 1. The molecule has 0 saturated carbocycles. The molecule has 0 bridgehead atoms. The molecule has 0 fully saturated rings. The molecular formula is C28H22N4O3S2. The van der Waals surface area contributed by atoms with E-state index in [0.29, 0.717) is 21.1 Å². The molecule has 0 saturated heterocycles. The highest BCUT2D eigenvalue weighted by Crippen LogP contribution is 2.32. The number of rotatable bonds is 8. The fourth-order valence-corrected chi connectivity index (χ4v) is 5.53. The van der Waals surface area contributed by atoms with Gasteiger partial charge >= 0.3 is 0 Å². The number of carbonyl (C=O) groups excluding carboxylic acids is 1. The van der Waals surface area contributed by atoms with Crippen LogP contribution in [0.4, 0.5) is 0 Å². The quantitative estimate of drug-likeness (QED) is 0.127. The predicted molar refractivity (Wildman–Crippen MR) is 150 cm³/mol. The Morgan fingerprint density at radius 3 is 2.46 bits per heavy atom. The molecule has 184 valence electrons. The summed E-state index contributed by atoms with van der Waals surface area (Å²) >= 11 is 2.61. The Balaban J connectivity index is 1.41. The molecular weight excluding hydrogens is 504 g/mol. The van der Waals surface area contributed by atoms with Crippen molar-refractivity contribution in [3.8, 4) is 22.6 Å². The van der Waals surface area contributed by atoms with E-state index in [4.69, 9.17) is 9.72 Å². The fourth-order valence-electron chi connectivity index (χ4n) is 3.74. The molecule has 2 aromatic heterocycles. The number of thioether (sulfide) groups is 1. The zero-order valence-corrected chi connectivity index (χ0v) is 21.5. The van der Waals surface area contributed by atoms with E-state index in [-0.39, 0.29) is 17.2 Å². The molecule has 0 spiro atoms. The zero-order valence-electron chi connectivity index (χ0n) is 19.8. The van der Waals surface area contributed by atoms with Crippen molar-refractivity contribution >= 4 is 45.4 Å². The third-order valence-electron chi connectivity index (χ3n) is 5.53. The number of aromatic nitrogens is 2. The fraction of sp³-hybridized carbons (Fsp3) is 0.0714. The number of hydrogen-bond acceptors (Lipinski definition) is 7. The molecule has 3 aromatic carbocycles. The van der Waals surface area contributed by atoms with Gasteiger partial charge < -0.3 is 4.74 Å². The third kappa shape index (κ3) is 5.47. The SMILES string of the molecule is COc1ccc(C=NNC(=O)CSc2nc3scc(-c4ccccc4)c3c(=O)n2-c2ccccc2)cc1. The Hall–Kier alpha value is -4.21. The number of thiophene rings is 1. The molecule has 0 radical (unpaired) electrons. The van der Waals surface area contributed by atoms with E-state index in [9.17, 15) is 9.59 Å². The van der Waals surface area contributed by atoms with E-state index >= 15 is 0 Å². The Bertz CT molecular complexity index is 1610. The molecule has 0 atom stereocenters. The van der Waals surface area contributed by atoms with Gasteiger partial charge in [-0.3, -0.25) is 14.2 Å². The van der Waals surface area contributed by atoms with Crippen molar-refractivity contribution < 1.29 is 9.53 Å². The number of amides is 1. The predicted octanol–water partition coefficient (Wildman–Crippen LogP) is 5.37. The van der Waals surface area contributed by atoms with Crippen molar-refractivity contribution in [3.05, 3.63) is 106 Å². The van der Waals surface area contributed by atoms with Gasteiger partial charge in [0, 0.05) is 10.9 Å². The van der Waals surface area contributed by atoms with Crippen LogP contribution in [0.3, 0.4) is 0 Å². The summed E-state index contributed by atoms with van der Waals surface area (Å²) in [4.78, 5) is 31.7. The van der Waals surface area contributed by atoms with Crippen molar-refractivity contribution in [2.24, 2.45) is 5.10 Å². The number of fused-ring (bicyclic) bond motifs is 1. The summed E-state index contributed by atoms with van der Waals surface area (Å²) in [5.74, 6) is 0.481. The topological polar surface area (TPSA) is 85.6 Å². The van der Waals surface area contributed by atoms with E-state index in [0.717, 1.165) is 22.4 Å². The van der Waals surface area contributed by atoms with Crippen LogP contribution in [0.15, 0.2) is 105 Å². The van der Waals surface area contributed by atoms with Gasteiger partial charge in [0.1, 0.15) is 10.6 Å². The summed E-state index contributed by atoms with van der Waals surface area (Å²) in [6, 6.07) is 26.4. The first-order valence-electron chi connectivity index (χ1n) is 11.4. The van der Waals surface area contributed by atoms with Gasteiger partial charge in [0.05, 0.1) is 30.2 Å². The van der Waals surface area contributed by atoms with E-state index in [1.165, 1.54) is 23.1 Å². The first-order chi connectivity index (χ1) is 18.1. The summed E-state index contributed by atoms with van der Waals surface area (Å²) in [5, 5.41) is 7.00. The standard InChI is InChI=1S/C28H22N4O3S2/c1-35-22-14-12-19(13-15-22)16-29-31-24(33)18-37-28-30-26-25(23(17-36-26)20-8-4-2-5-9-20)27(34)32(28)21-10-6-3-7-11-21/h2-17H,18H2,1H3,(H,31,33). The summed E-state index contributed by atoms with van der Waals surface area (Å²) in [6.07, 6.45) is 1.56. The molecule has 37 heavy (non-hydrogen) atoms. The molecule has 5 aromatic rings. The zero-order chi connectivity index (χ0) is 25.6. The first-order valence-corrected chi connectivity index (χ1v) is 13.2. The molecule has 0 aliphatic rings. The largest absolute Gasteiger partial charge is 0.497 e. The first kappa shape index (κ1) is 24.5. The van der Waals surface area contributed by atoms with E-state index < -0.39 is 0 Å². The third-order valence-corrected chi connectivity index (χ3v) is 7.34. The summed E-state index contributed by atoms with van der Waals surface area (Å²) in [5.41, 5.74) is 5.69. The monoisotopic (exact) mass is 526 g/mol. The number of nitrogens with one attached hydrogen (secondary N) is 1. The van der Waals surface area contributed by atoms with Gasteiger partial charge in [-0.15, -0.1) is 11.3 Å². The Morgan fingerprint density at radius 2 is 1.76 bits per heavy atom. The van der Waals surface area contributed by atoms with Crippen LogP contribution in [0, 0.1) is 0 Å². The molecule has 0 aliphatic heterocycles. The molecule has 9 heteroatoms. The number of hydrogen-bond donors (Lipinski definition) is 1. The normalized spacial score (nSPS) is 11.2. The van der Waals surface area contributed by atoms with Gasteiger partial charge in [-0.05, 0) is 47.5 Å². The number of para-hydroxylation sites is 1. The molecule has 0 unspecified atom stereocenters. The Kier molecular flexibility index (Phi) is 7.43. The smallest absolute Gasteiger partial charge is 0.268 e. The number of hydrazone groups is 1. The lowest BCUT2D eigenvalue weighted by Crippen LogP contribution is -2.24. The van der Waals surface area contributed by atoms with Crippen LogP contribution in [-0.4, -0.2) is 34.5 Å². The maximum absolute atomic E-state index is 13.8. The summed E-state index contributed by atoms with van der Waals surface area (Å²) in [7, 11) is 1.60. The number of ether oxygens (including phenoxy) is 1. The molecule has 7 nitrogen and oxygen atoms in total. The van der Waals surface area contributed by atoms with E-state index in [2.05, 4.69) is 10.5 Å². The second kappa shape index (κ2) is 11.2. The highest BCUT2D eigenvalue weighted by Gasteiger charge is 2.19. The minimum atomic E-state index is -0.306. The summed E-state index contributed by atoms with van der Waals surface area (Å²) < 4.78 is 6.71. The van der Waals surface area contributed by atoms with Gasteiger partial charge in [-0.2, -0.15) is 5.10 Å². The molecule has 2 heterocycles. The van der Waals surface area contributed by atoms with Crippen LogP contribution in [-0.2, 0) is 4.79 Å². The average Bonchev–Trinajstić information content (AvgIpc) is 3.38. The maximum atomic E-state index is 13.8. The second-order valence-corrected chi connectivity index (χ2v) is 9.72. The van der Waals surface area contributed by atoms with Gasteiger partial charge in [-0.25, -0.2) is 10.4 Å². The molecule has 0 aliphatic carbocycles. The van der Waals surface area contributed by atoms with Crippen molar-refractivity contribution in [1.29, 1.82) is 0 Å². The van der Waals surface area contributed by atoms with Crippen molar-refractivity contribution in [2.75, 3.05) is 12.9 Å². The van der Waals surface area contributed by atoms with Crippen molar-refractivity contribution in [2.45, 2.75) is 5.16 Å². The van der Waals surface area contributed by atoms with E-state index in [1.807, 2.05) is 90.3 Å². The number of nitrogens with zero attached hydrogens (tertiary/aromatic N) is 3. The Morgan fingerprint density at radius 1 is 1.05 bits per heavy atom. The van der Waals surface area contributed by atoms with Crippen LogP contribution in [0.2, 0.25) is 0 Å². The van der Waals surface area contributed by atoms with Crippen LogP contribution >= 0.6 is 23.1 Å². The minimum absolute atomic E-state index is 0.0433. The highest BCUT2D eigenvalue weighted by atomic mass is 32.2. The summed E-state index contributed by atoms with van der Waals surface area (Å²) in [6.45, 7) is 0. The van der Waals surface area contributed by atoms with Crippen molar-refractivity contribution in [3.63, 3.8) is 0 Å². The van der Waals surface area contributed by atoms with Gasteiger partial charge in [-0.1, -0.05) is 60.3 Å². The lowest BCUT2D eigenvalue weighted by molar-refractivity contribution is -0.118. The van der Waals surface area contributed by atoms with E-state index in [1.54, 1.807) is 17.9 Å². The van der Waals surface area contributed by atoms with Crippen LogP contribution < -0.4 is 15.7 Å². The van der Waals surface area contributed by atoms with Crippen molar-refractivity contribution in [1.82, 2.24) is 15.0 Å². The molecule has 5 rings (SSSR count). The maximum Gasteiger partial charge on any atom is 0.268 e. The van der Waals surface area contributed by atoms with Crippen LogP contribution in [0.25, 0.3) is 27.0 Å². The minimum Gasteiger partial charge on any atom is -0.497 e. The van der Waals surface area contributed by atoms with Gasteiger partial charge in [0.25, 0.3) is 11.5 Å². The lowest BCUT2D eigenvalue weighted by atomic mass is 10.1. The lowest BCUT2D eigenvalue weighted by Gasteiger charge is -2.12. The Labute approximate surface area is 221 Å². The van der Waals surface area contributed by atoms with Crippen LogP contribution in [0.1, 0.15) is 5.56 Å². The van der Waals surface area contributed by atoms with Gasteiger partial charge in [0.15, 0.2) is 5.16 Å². The second-order valence-electron chi connectivity index (χ2n) is 7.92. The molecule has 1 amide bonds. The highest BCUT2D eigenvalue weighted by molar-refractivity contribution is 7.99. The number of benzene rings is 3.